The van der Waals surface area contributed by atoms with E-state index >= 15 is 0 Å². The predicted molar refractivity (Wildman–Crippen MR) is 69.2 cm³/mol. The van der Waals surface area contributed by atoms with E-state index < -0.39 is 0 Å². The number of benzene rings is 1. The van der Waals surface area contributed by atoms with Gasteiger partial charge in [0.25, 0.3) is 0 Å². The minimum atomic E-state index is 0.206. The van der Waals surface area contributed by atoms with Gasteiger partial charge in [0.15, 0.2) is 0 Å². The second kappa shape index (κ2) is 6.77. The Kier molecular flexibility index (Phi) is 5.64. The molecule has 1 atom stereocenters. The average Bonchev–Trinajstić information content (AvgIpc) is 2.29. The minimum Gasteiger partial charge on any atom is -0.489 e. The molecule has 1 N–H and O–H groups in total. The lowest BCUT2D eigenvalue weighted by Crippen LogP contribution is -2.12. The van der Waals surface area contributed by atoms with Crippen LogP contribution >= 0.6 is 11.6 Å². The van der Waals surface area contributed by atoms with Crippen LogP contribution in [0.5, 0.6) is 5.75 Å². The first-order chi connectivity index (χ1) is 7.67. The van der Waals surface area contributed by atoms with E-state index in [1.807, 2.05) is 25.1 Å². The van der Waals surface area contributed by atoms with Crippen molar-refractivity contribution < 1.29 is 4.74 Å². The third-order valence-corrected chi connectivity index (χ3v) is 2.77. The van der Waals surface area contributed by atoms with E-state index in [2.05, 4.69) is 19.2 Å². The summed E-state index contributed by atoms with van der Waals surface area (Å²) in [6.07, 6.45) is 1.19. The Bertz CT molecular complexity index is 328. The Balaban J connectivity index is 2.67. The molecule has 0 aromatic heterocycles. The molecule has 0 amide bonds. The summed E-state index contributed by atoms with van der Waals surface area (Å²) in [5, 5.41) is 3.95. The number of hydrogen-bond acceptors (Lipinski definition) is 2. The summed E-state index contributed by atoms with van der Waals surface area (Å²) in [5.41, 5.74) is 1.18. The first-order valence-electron chi connectivity index (χ1n) is 5.83. The molecule has 0 aliphatic carbocycles. The number of halogens is 1. The fourth-order valence-electron chi connectivity index (χ4n) is 1.32. The Labute approximate surface area is 103 Å². The third-order valence-electron chi connectivity index (χ3n) is 2.48. The summed E-state index contributed by atoms with van der Waals surface area (Å²) in [6.45, 7) is 8.03. The van der Waals surface area contributed by atoms with E-state index in [9.17, 15) is 0 Å². The summed E-state index contributed by atoms with van der Waals surface area (Å²) >= 11 is 6.16. The largest absolute Gasteiger partial charge is 0.489 e. The lowest BCUT2D eigenvalue weighted by molar-refractivity contribution is 0.217. The lowest BCUT2D eigenvalue weighted by atomic mass is 10.2. The molecule has 2 nitrogen and oxygen atoms in total. The molecule has 1 aromatic rings. The average molecular weight is 242 g/mol. The third kappa shape index (κ3) is 4.03. The highest BCUT2D eigenvalue weighted by Gasteiger charge is 2.06. The van der Waals surface area contributed by atoms with Crippen LogP contribution in [0.25, 0.3) is 0 Å². The second-order valence-electron chi connectivity index (χ2n) is 3.88. The minimum absolute atomic E-state index is 0.206. The van der Waals surface area contributed by atoms with Crippen molar-refractivity contribution in [2.24, 2.45) is 0 Å². The maximum atomic E-state index is 6.16. The first-order valence-corrected chi connectivity index (χ1v) is 6.21. The van der Waals surface area contributed by atoms with Crippen LogP contribution in [-0.4, -0.2) is 12.6 Å². The van der Waals surface area contributed by atoms with Crippen molar-refractivity contribution in [1.29, 1.82) is 0 Å². The summed E-state index contributed by atoms with van der Waals surface area (Å²) in [6, 6.07) is 5.95. The van der Waals surface area contributed by atoms with E-state index in [0.29, 0.717) is 5.02 Å². The maximum absolute atomic E-state index is 6.16. The van der Waals surface area contributed by atoms with Crippen LogP contribution in [0.1, 0.15) is 32.8 Å². The van der Waals surface area contributed by atoms with Crippen LogP contribution in [0.3, 0.4) is 0 Å². The molecule has 90 valence electrons. The van der Waals surface area contributed by atoms with Crippen LogP contribution in [0, 0.1) is 0 Å². The molecule has 1 unspecified atom stereocenters. The zero-order valence-electron chi connectivity index (χ0n) is 10.2. The molecule has 0 spiro atoms. The van der Waals surface area contributed by atoms with Gasteiger partial charge in [-0.05, 0) is 37.6 Å². The zero-order valence-corrected chi connectivity index (χ0v) is 11.0. The molecule has 1 rings (SSSR count). The zero-order chi connectivity index (χ0) is 12.0. The molecule has 0 aliphatic rings. The van der Waals surface area contributed by atoms with E-state index in [0.717, 1.165) is 25.3 Å². The molecule has 0 fully saturated rings. The van der Waals surface area contributed by atoms with Gasteiger partial charge in [-0.1, -0.05) is 31.5 Å². The molecule has 1 aromatic carbocycles. The summed E-state index contributed by atoms with van der Waals surface area (Å²) in [5.74, 6) is 0.774. The van der Waals surface area contributed by atoms with Crippen LogP contribution in [-0.2, 0) is 6.54 Å². The molecular formula is C13H20ClNO. The van der Waals surface area contributed by atoms with E-state index in [1.54, 1.807) is 0 Å². The molecule has 0 aliphatic heterocycles. The van der Waals surface area contributed by atoms with Crippen molar-refractivity contribution in [2.45, 2.75) is 39.8 Å². The lowest BCUT2D eigenvalue weighted by Gasteiger charge is -2.14. The highest BCUT2D eigenvalue weighted by atomic mass is 35.5. The van der Waals surface area contributed by atoms with Gasteiger partial charge in [-0.3, -0.25) is 0 Å². The SMILES string of the molecule is CCNCc1ccc(OC(C)CC)c(Cl)c1. The molecule has 0 heterocycles. The fraction of sp³-hybridized carbons (Fsp3) is 0.538. The van der Waals surface area contributed by atoms with Crippen molar-refractivity contribution in [2.75, 3.05) is 6.54 Å². The monoisotopic (exact) mass is 241 g/mol. The molecule has 0 radical (unpaired) electrons. The van der Waals surface area contributed by atoms with Crippen molar-refractivity contribution in [3.63, 3.8) is 0 Å². The highest BCUT2D eigenvalue weighted by molar-refractivity contribution is 6.32. The van der Waals surface area contributed by atoms with Crippen LogP contribution in [0.15, 0.2) is 18.2 Å². The molecule has 16 heavy (non-hydrogen) atoms. The quantitative estimate of drug-likeness (QED) is 0.821. The number of hydrogen-bond donors (Lipinski definition) is 1. The normalized spacial score (nSPS) is 12.5. The van der Waals surface area contributed by atoms with Crippen molar-refractivity contribution in [1.82, 2.24) is 5.32 Å². The van der Waals surface area contributed by atoms with Gasteiger partial charge in [-0.15, -0.1) is 0 Å². The standard InChI is InChI=1S/C13H20ClNO/c1-4-10(3)16-13-7-6-11(8-12(13)14)9-15-5-2/h6-8,10,15H,4-5,9H2,1-3H3. The van der Waals surface area contributed by atoms with Crippen molar-refractivity contribution in [3.8, 4) is 5.75 Å². The van der Waals surface area contributed by atoms with E-state index in [4.69, 9.17) is 16.3 Å². The van der Waals surface area contributed by atoms with Crippen LogP contribution in [0.2, 0.25) is 5.02 Å². The van der Waals surface area contributed by atoms with Gasteiger partial charge < -0.3 is 10.1 Å². The summed E-state index contributed by atoms with van der Waals surface area (Å²) < 4.78 is 5.70. The molecule has 0 saturated carbocycles. The summed E-state index contributed by atoms with van der Waals surface area (Å²) in [4.78, 5) is 0. The van der Waals surface area contributed by atoms with Gasteiger partial charge >= 0.3 is 0 Å². The van der Waals surface area contributed by atoms with Gasteiger partial charge in [0, 0.05) is 6.54 Å². The van der Waals surface area contributed by atoms with Gasteiger partial charge in [0.05, 0.1) is 11.1 Å². The fourth-order valence-corrected chi connectivity index (χ4v) is 1.57. The molecular weight excluding hydrogens is 222 g/mol. The first kappa shape index (κ1) is 13.3. The predicted octanol–water partition coefficient (Wildman–Crippen LogP) is 3.63. The van der Waals surface area contributed by atoms with Crippen molar-refractivity contribution >= 4 is 11.6 Å². The van der Waals surface area contributed by atoms with Gasteiger partial charge in [-0.2, -0.15) is 0 Å². The second-order valence-corrected chi connectivity index (χ2v) is 4.29. The highest BCUT2D eigenvalue weighted by Crippen LogP contribution is 2.26. The van der Waals surface area contributed by atoms with Crippen molar-refractivity contribution in [3.05, 3.63) is 28.8 Å². The Morgan fingerprint density at radius 2 is 2.12 bits per heavy atom. The van der Waals surface area contributed by atoms with E-state index in [-0.39, 0.29) is 6.10 Å². The molecule has 3 heteroatoms. The molecule has 0 bridgehead atoms. The maximum Gasteiger partial charge on any atom is 0.138 e. The van der Waals surface area contributed by atoms with Gasteiger partial charge in [0.2, 0.25) is 0 Å². The number of nitrogens with one attached hydrogen (secondary N) is 1. The summed E-state index contributed by atoms with van der Waals surface area (Å²) in [7, 11) is 0. The Morgan fingerprint density at radius 1 is 1.38 bits per heavy atom. The van der Waals surface area contributed by atoms with Gasteiger partial charge in [-0.25, -0.2) is 0 Å². The topological polar surface area (TPSA) is 21.3 Å². The van der Waals surface area contributed by atoms with E-state index in [1.165, 1.54) is 5.56 Å². The van der Waals surface area contributed by atoms with Crippen LogP contribution < -0.4 is 10.1 Å². The number of rotatable bonds is 6. The smallest absolute Gasteiger partial charge is 0.138 e. The Morgan fingerprint density at radius 3 is 2.69 bits per heavy atom. The van der Waals surface area contributed by atoms with Crippen LogP contribution in [0.4, 0.5) is 0 Å². The Hall–Kier alpha value is -0.730. The number of ether oxygens (including phenoxy) is 1. The van der Waals surface area contributed by atoms with Gasteiger partial charge in [0.1, 0.15) is 5.75 Å². The molecule has 0 saturated heterocycles.